The van der Waals surface area contributed by atoms with Crippen molar-refractivity contribution in [1.82, 2.24) is 4.72 Å². The number of halogens is 1. The predicted molar refractivity (Wildman–Crippen MR) is 52.5 cm³/mol. The monoisotopic (exact) mass is 227 g/mol. The van der Waals surface area contributed by atoms with E-state index in [9.17, 15) is 8.42 Å². The third-order valence-electron chi connectivity index (χ3n) is 1.44. The Morgan fingerprint density at radius 1 is 1.75 bits per heavy atom. The summed E-state index contributed by atoms with van der Waals surface area (Å²) in [6.45, 7) is 2.10. The Hall–Kier alpha value is 0.290. The van der Waals surface area contributed by atoms with Gasteiger partial charge in [0.1, 0.15) is 0 Å². The summed E-state index contributed by atoms with van der Waals surface area (Å²) < 4.78 is 24.1. The molecule has 0 bridgehead atoms. The van der Waals surface area contributed by atoms with Crippen molar-refractivity contribution >= 4 is 33.4 Å². The summed E-state index contributed by atoms with van der Waals surface area (Å²) in [6.07, 6.45) is 2.11. The van der Waals surface area contributed by atoms with Crippen molar-refractivity contribution in [2.45, 2.75) is 16.9 Å². The van der Waals surface area contributed by atoms with E-state index in [-0.39, 0.29) is 0 Å². The maximum Gasteiger partial charge on any atom is 0.241 e. The minimum absolute atomic E-state index is 0.356. The summed E-state index contributed by atoms with van der Waals surface area (Å²) in [5.41, 5.74) is 0. The molecule has 1 aliphatic heterocycles. The summed E-state index contributed by atoms with van der Waals surface area (Å²) in [4.78, 5) is 0. The van der Waals surface area contributed by atoms with Crippen molar-refractivity contribution in [1.29, 1.82) is 0 Å². The number of sulfonamides is 1. The molecule has 1 heterocycles. The van der Waals surface area contributed by atoms with E-state index >= 15 is 0 Å². The van der Waals surface area contributed by atoms with Crippen molar-refractivity contribution in [2.75, 3.05) is 6.54 Å². The van der Waals surface area contributed by atoms with Gasteiger partial charge < -0.3 is 0 Å². The quantitative estimate of drug-likeness (QED) is 0.743. The van der Waals surface area contributed by atoms with Gasteiger partial charge in [0.25, 0.3) is 0 Å². The maximum atomic E-state index is 11.5. The molecule has 0 amide bonds. The van der Waals surface area contributed by atoms with Gasteiger partial charge in [0.05, 0.1) is 0 Å². The molecule has 6 heteroatoms. The lowest BCUT2D eigenvalue weighted by molar-refractivity contribution is 0.577. The normalized spacial score (nSPS) is 29.5. The van der Waals surface area contributed by atoms with E-state index in [0.717, 1.165) is 11.8 Å². The minimum atomic E-state index is -3.39. The molecule has 3 nitrogen and oxygen atoms in total. The van der Waals surface area contributed by atoms with Crippen LogP contribution in [0.5, 0.6) is 0 Å². The molecule has 0 spiro atoms. The van der Waals surface area contributed by atoms with Crippen LogP contribution in [0.15, 0.2) is 11.5 Å². The molecule has 1 unspecified atom stereocenters. The van der Waals surface area contributed by atoms with Gasteiger partial charge in [-0.1, -0.05) is 36.4 Å². The second-order valence-electron chi connectivity index (χ2n) is 2.36. The van der Waals surface area contributed by atoms with Gasteiger partial charge in [0.15, 0.2) is 0 Å². The average Bonchev–Trinajstić information content (AvgIpc) is 2.37. The van der Waals surface area contributed by atoms with Crippen LogP contribution in [-0.2, 0) is 10.0 Å². The summed E-state index contributed by atoms with van der Waals surface area (Å²) in [5, 5.41) is 1.71. The zero-order chi connectivity index (χ0) is 9.24. The van der Waals surface area contributed by atoms with Gasteiger partial charge in [-0.3, -0.25) is 0 Å². The highest BCUT2D eigenvalue weighted by atomic mass is 35.5. The van der Waals surface area contributed by atoms with Crippen molar-refractivity contribution < 1.29 is 8.42 Å². The molecule has 12 heavy (non-hydrogen) atoms. The van der Waals surface area contributed by atoms with Crippen LogP contribution in [0.25, 0.3) is 0 Å². The second kappa shape index (κ2) is 3.57. The van der Waals surface area contributed by atoms with Crippen molar-refractivity contribution in [3.63, 3.8) is 0 Å². The number of alkyl halides is 1. The predicted octanol–water partition coefficient (Wildman–Crippen LogP) is 1.47. The van der Waals surface area contributed by atoms with Crippen LogP contribution < -0.4 is 4.72 Å². The molecule has 1 aliphatic rings. The molecule has 1 N–H and O–H groups in total. The highest BCUT2D eigenvalue weighted by Gasteiger charge is 2.42. The van der Waals surface area contributed by atoms with Crippen molar-refractivity contribution in [2.24, 2.45) is 0 Å². The van der Waals surface area contributed by atoms with E-state index in [1.807, 2.05) is 0 Å². The highest BCUT2D eigenvalue weighted by molar-refractivity contribution is 8.17. The zero-order valence-corrected chi connectivity index (χ0v) is 8.97. The Morgan fingerprint density at radius 2 is 2.42 bits per heavy atom. The van der Waals surface area contributed by atoms with Crippen LogP contribution in [0.4, 0.5) is 0 Å². The van der Waals surface area contributed by atoms with E-state index in [0.29, 0.717) is 13.0 Å². The van der Waals surface area contributed by atoms with Crippen LogP contribution in [0.2, 0.25) is 0 Å². The zero-order valence-electron chi connectivity index (χ0n) is 6.58. The molecule has 0 fully saturated rings. The van der Waals surface area contributed by atoms with Crippen LogP contribution in [0.1, 0.15) is 13.3 Å². The molecular weight excluding hydrogens is 218 g/mol. The minimum Gasteiger partial charge on any atom is -0.213 e. The van der Waals surface area contributed by atoms with E-state index < -0.39 is 13.6 Å². The molecule has 1 atom stereocenters. The van der Waals surface area contributed by atoms with Crippen LogP contribution >= 0.6 is 23.4 Å². The Kier molecular flexibility index (Phi) is 3.09. The molecule has 0 aromatic rings. The van der Waals surface area contributed by atoms with Crippen LogP contribution in [0, 0.1) is 0 Å². The highest BCUT2D eigenvalue weighted by Crippen LogP contribution is 2.44. The SMILES string of the molecule is CCNS(=O)(=O)C1(Cl)CC=CS1. The Balaban J connectivity index is 2.81. The molecule has 0 saturated heterocycles. The fourth-order valence-electron chi connectivity index (χ4n) is 0.858. The molecule has 1 rings (SSSR count). The Bertz CT molecular complexity index is 278. The van der Waals surface area contributed by atoms with Crippen molar-refractivity contribution in [3.8, 4) is 0 Å². The maximum absolute atomic E-state index is 11.5. The van der Waals surface area contributed by atoms with E-state index in [1.165, 1.54) is 0 Å². The lowest BCUT2D eigenvalue weighted by Gasteiger charge is -2.19. The van der Waals surface area contributed by atoms with Gasteiger partial charge >= 0.3 is 0 Å². The molecule has 0 aliphatic carbocycles. The summed E-state index contributed by atoms with van der Waals surface area (Å²) in [6, 6.07) is 0. The molecule has 0 radical (unpaired) electrons. The van der Waals surface area contributed by atoms with E-state index in [1.54, 1.807) is 18.4 Å². The number of rotatable bonds is 3. The van der Waals surface area contributed by atoms with Gasteiger partial charge in [-0.15, -0.1) is 0 Å². The number of allylic oxidation sites excluding steroid dienone is 1. The molecule has 0 aromatic carbocycles. The van der Waals surface area contributed by atoms with Crippen molar-refractivity contribution in [3.05, 3.63) is 11.5 Å². The first-order valence-corrected chi connectivity index (χ1v) is 6.27. The number of thioether (sulfide) groups is 1. The summed E-state index contributed by atoms with van der Waals surface area (Å²) in [7, 11) is -3.39. The average molecular weight is 228 g/mol. The summed E-state index contributed by atoms with van der Waals surface area (Å²) in [5.74, 6) is 0. The molecule has 70 valence electrons. The standard InChI is InChI=1S/C6H10ClNO2S2/c1-2-8-12(9,10)6(7)4-3-5-11-6/h3,5,8H,2,4H2,1H3. The van der Waals surface area contributed by atoms with Gasteiger partial charge in [0.2, 0.25) is 13.6 Å². The lowest BCUT2D eigenvalue weighted by Crippen LogP contribution is -2.37. The van der Waals surface area contributed by atoms with Crippen LogP contribution in [-0.4, -0.2) is 18.5 Å². The number of hydrogen-bond acceptors (Lipinski definition) is 3. The smallest absolute Gasteiger partial charge is 0.213 e. The third kappa shape index (κ3) is 1.79. The van der Waals surface area contributed by atoms with Gasteiger partial charge in [-0.25, -0.2) is 13.1 Å². The first-order chi connectivity index (χ1) is 5.52. The second-order valence-corrected chi connectivity index (χ2v) is 6.90. The van der Waals surface area contributed by atoms with E-state index in [4.69, 9.17) is 11.6 Å². The Morgan fingerprint density at radius 3 is 2.83 bits per heavy atom. The largest absolute Gasteiger partial charge is 0.241 e. The van der Waals surface area contributed by atoms with Gasteiger partial charge in [-0.2, -0.15) is 0 Å². The van der Waals surface area contributed by atoms with Crippen LogP contribution in [0.3, 0.4) is 0 Å². The fourth-order valence-corrected chi connectivity index (χ4v) is 3.61. The first kappa shape index (κ1) is 10.4. The van der Waals surface area contributed by atoms with Gasteiger partial charge in [-0.05, 0) is 5.41 Å². The number of nitrogens with one attached hydrogen (secondary N) is 1. The van der Waals surface area contributed by atoms with Gasteiger partial charge in [0, 0.05) is 13.0 Å². The molecular formula is C6H10ClNO2S2. The molecule has 0 aromatic heterocycles. The van der Waals surface area contributed by atoms with E-state index in [2.05, 4.69) is 4.72 Å². The molecule has 0 saturated carbocycles. The number of hydrogen-bond donors (Lipinski definition) is 1. The lowest BCUT2D eigenvalue weighted by atomic mass is 10.5. The third-order valence-corrected chi connectivity index (χ3v) is 5.90. The summed E-state index contributed by atoms with van der Waals surface area (Å²) >= 11 is 7.02. The topological polar surface area (TPSA) is 46.2 Å². The Labute approximate surface area is 81.6 Å². The fraction of sp³-hybridized carbons (Fsp3) is 0.667. The first-order valence-electron chi connectivity index (χ1n) is 3.53.